The SMILES string of the molecule is Cc1cc(C(=O)NO)c2cccc(C(C)(C)C)c2n1. The van der Waals surface area contributed by atoms with Crippen LogP contribution in [0.15, 0.2) is 24.3 Å². The molecule has 0 atom stereocenters. The number of hydroxylamine groups is 1. The maximum Gasteiger partial charge on any atom is 0.275 e. The molecule has 4 nitrogen and oxygen atoms in total. The van der Waals surface area contributed by atoms with E-state index in [4.69, 9.17) is 5.21 Å². The third-order valence-electron chi connectivity index (χ3n) is 3.12. The molecule has 1 aromatic heterocycles. The number of rotatable bonds is 1. The minimum absolute atomic E-state index is 0.0622. The zero-order valence-electron chi connectivity index (χ0n) is 11.6. The maximum absolute atomic E-state index is 11.8. The third-order valence-corrected chi connectivity index (χ3v) is 3.12. The second-order valence-corrected chi connectivity index (χ2v) is 5.70. The predicted molar refractivity (Wildman–Crippen MR) is 74.4 cm³/mol. The van der Waals surface area contributed by atoms with E-state index < -0.39 is 5.91 Å². The van der Waals surface area contributed by atoms with E-state index in [0.717, 1.165) is 22.2 Å². The number of carbonyl (C=O) groups is 1. The molecule has 19 heavy (non-hydrogen) atoms. The Morgan fingerprint density at radius 2 is 2.00 bits per heavy atom. The van der Waals surface area contributed by atoms with Crippen LogP contribution in [0.4, 0.5) is 0 Å². The topological polar surface area (TPSA) is 62.2 Å². The van der Waals surface area contributed by atoms with Crippen molar-refractivity contribution < 1.29 is 10.0 Å². The molecule has 1 amide bonds. The van der Waals surface area contributed by atoms with Crippen molar-refractivity contribution >= 4 is 16.8 Å². The Hall–Kier alpha value is -1.94. The Bertz CT molecular complexity index is 642. The molecule has 2 rings (SSSR count). The summed E-state index contributed by atoms with van der Waals surface area (Å²) in [6, 6.07) is 7.46. The Balaban J connectivity index is 2.85. The molecule has 0 aliphatic carbocycles. The molecule has 1 heterocycles. The van der Waals surface area contributed by atoms with Gasteiger partial charge >= 0.3 is 0 Å². The highest BCUT2D eigenvalue weighted by molar-refractivity contribution is 6.06. The number of para-hydroxylation sites is 1. The third kappa shape index (κ3) is 2.44. The lowest BCUT2D eigenvalue weighted by Gasteiger charge is -2.21. The van der Waals surface area contributed by atoms with Crippen molar-refractivity contribution in [1.29, 1.82) is 0 Å². The molecule has 4 heteroatoms. The number of carbonyl (C=O) groups excluding carboxylic acids is 1. The molecule has 0 radical (unpaired) electrons. The molecule has 100 valence electrons. The second-order valence-electron chi connectivity index (χ2n) is 5.70. The molecule has 2 aromatic rings. The summed E-state index contributed by atoms with van der Waals surface area (Å²) >= 11 is 0. The molecule has 0 aliphatic rings. The Kier molecular flexibility index (Phi) is 3.28. The number of benzene rings is 1. The highest BCUT2D eigenvalue weighted by Crippen LogP contribution is 2.30. The molecular weight excluding hydrogens is 240 g/mol. The highest BCUT2D eigenvalue weighted by Gasteiger charge is 2.20. The first kappa shape index (κ1) is 13.5. The minimum atomic E-state index is -0.512. The summed E-state index contributed by atoms with van der Waals surface area (Å²) in [6.45, 7) is 8.17. The zero-order chi connectivity index (χ0) is 14.2. The summed E-state index contributed by atoms with van der Waals surface area (Å²) in [4.78, 5) is 16.3. The van der Waals surface area contributed by atoms with E-state index in [1.165, 1.54) is 0 Å². The first-order valence-electron chi connectivity index (χ1n) is 6.20. The first-order chi connectivity index (χ1) is 8.84. The Labute approximate surface area is 112 Å². The predicted octanol–water partition coefficient (Wildman–Crippen LogP) is 2.96. The van der Waals surface area contributed by atoms with Crippen LogP contribution >= 0.6 is 0 Å². The fourth-order valence-electron chi connectivity index (χ4n) is 2.23. The molecule has 0 saturated carbocycles. The van der Waals surface area contributed by atoms with Crippen LogP contribution in [0.3, 0.4) is 0 Å². The van der Waals surface area contributed by atoms with Gasteiger partial charge in [0.15, 0.2) is 0 Å². The molecule has 0 bridgehead atoms. The van der Waals surface area contributed by atoms with Crippen LogP contribution in [-0.4, -0.2) is 16.1 Å². The van der Waals surface area contributed by atoms with Crippen molar-refractivity contribution in [2.24, 2.45) is 0 Å². The van der Waals surface area contributed by atoms with E-state index in [1.807, 2.05) is 25.1 Å². The Morgan fingerprint density at radius 3 is 2.58 bits per heavy atom. The van der Waals surface area contributed by atoms with E-state index in [2.05, 4.69) is 25.8 Å². The van der Waals surface area contributed by atoms with Gasteiger partial charge < -0.3 is 0 Å². The largest absolute Gasteiger partial charge is 0.288 e. The molecular formula is C15H18N2O2. The van der Waals surface area contributed by atoms with Gasteiger partial charge in [-0.05, 0) is 24.0 Å². The van der Waals surface area contributed by atoms with Crippen LogP contribution in [0.1, 0.15) is 42.4 Å². The monoisotopic (exact) mass is 258 g/mol. The van der Waals surface area contributed by atoms with Crippen molar-refractivity contribution in [3.8, 4) is 0 Å². The summed E-state index contributed by atoms with van der Waals surface area (Å²) in [5.74, 6) is -0.512. The molecule has 2 N–H and O–H groups in total. The van der Waals surface area contributed by atoms with Gasteiger partial charge in [0.05, 0.1) is 11.1 Å². The number of aryl methyl sites for hydroxylation is 1. The zero-order valence-corrected chi connectivity index (χ0v) is 11.6. The molecule has 0 spiro atoms. The van der Waals surface area contributed by atoms with Crippen molar-refractivity contribution in [2.45, 2.75) is 33.1 Å². The van der Waals surface area contributed by atoms with Gasteiger partial charge in [0, 0.05) is 11.1 Å². The number of pyridine rings is 1. The van der Waals surface area contributed by atoms with Crippen LogP contribution < -0.4 is 5.48 Å². The average Bonchev–Trinajstić information content (AvgIpc) is 2.34. The van der Waals surface area contributed by atoms with Crippen LogP contribution in [0.5, 0.6) is 0 Å². The molecule has 0 saturated heterocycles. The van der Waals surface area contributed by atoms with E-state index in [0.29, 0.717) is 5.56 Å². The van der Waals surface area contributed by atoms with E-state index in [1.54, 1.807) is 11.5 Å². The van der Waals surface area contributed by atoms with Crippen molar-refractivity contribution in [3.05, 3.63) is 41.1 Å². The number of amides is 1. The number of hydrogen-bond donors (Lipinski definition) is 2. The van der Waals surface area contributed by atoms with Gasteiger partial charge in [0.2, 0.25) is 0 Å². The summed E-state index contributed by atoms with van der Waals surface area (Å²) in [5, 5.41) is 9.60. The fraction of sp³-hybridized carbons (Fsp3) is 0.333. The lowest BCUT2D eigenvalue weighted by atomic mass is 9.85. The lowest BCUT2D eigenvalue weighted by molar-refractivity contribution is 0.0708. The number of nitrogens with one attached hydrogen (secondary N) is 1. The molecule has 0 unspecified atom stereocenters. The summed E-state index contributed by atoms with van der Waals surface area (Å²) < 4.78 is 0. The van der Waals surface area contributed by atoms with Gasteiger partial charge in [-0.3, -0.25) is 15.0 Å². The van der Waals surface area contributed by atoms with Crippen LogP contribution in [0.25, 0.3) is 10.9 Å². The van der Waals surface area contributed by atoms with Gasteiger partial charge in [-0.25, -0.2) is 5.48 Å². The quantitative estimate of drug-likeness (QED) is 0.610. The normalized spacial score (nSPS) is 11.6. The van der Waals surface area contributed by atoms with Gasteiger partial charge in [0.25, 0.3) is 5.91 Å². The average molecular weight is 258 g/mol. The molecule has 0 fully saturated rings. The van der Waals surface area contributed by atoms with Crippen molar-refractivity contribution in [1.82, 2.24) is 10.5 Å². The smallest absolute Gasteiger partial charge is 0.275 e. The highest BCUT2D eigenvalue weighted by atomic mass is 16.5. The van der Waals surface area contributed by atoms with Crippen molar-refractivity contribution in [3.63, 3.8) is 0 Å². The maximum atomic E-state index is 11.8. The van der Waals surface area contributed by atoms with Crippen molar-refractivity contribution in [2.75, 3.05) is 0 Å². The summed E-state index contributed by atoms with van der Waals surface area (Å²) in [5.41, 5.74) is 4.72. The van der Waals surface area contributed by atoms with E-state index in [9.17, 15) is 4.79 Å². The summed E-state index contributed by atoms with van der Waals surface area (Å²) in [6.07, 6.45) is 0. The fourth-order valence-corrected chi connectivity index (χ4v) is 2.23. The van der Waals surface area contributed by atoms with E-state index in [-0.39, 0.29) is 5.41 Å². The van der Waals surface area contributed by atoms with Gasteiger partial charge in [-0.15, -0.1) is 0 Å². The lowest BCUT2D eigenvalue weighted by Crippen LogP contribution is -2.20. The van der Waals surface area contributed by atoms with Crippen LogP contribution in [0.2, 0.25) is 0 Å². The minimum Gasteiger partial charge on any atom is -0.288 e. The van der Waals surface area contributed by atoms with E-state index >= 15 is 0 Å². The second kappa shape index (κ2) is 4.63. The molecule has 1 aromatic carbocycles. The number of fused-ring (bicyclic) bond motifs is 1. The van der Waals surface area contributed by atoms with Crippen LogP contribution in [0, 0.1) is 6.92 Å². The Morgan fingerprint density at radius 1 is 1.32 bits per heavy atom. The number of aromatic nitrogens is 1. The first-order valence-corrected chi connectivity index (χ1v) is 6.20. The summed E-state index contributed by atoms with van der Waals surface area (Å²) in [7, 11) is 0. The van der Waals surface area contributed by atoms with Gasteiger partial charge in [0.1, 0.15) is 0 Å². The standard InChI is InChI=1S/C15H18N2O2/c1-9-8-11(14(18)17-19)10-6-5-7-12(13(10)16-9)15(2,3)4/h5-8,19H,1-4H3,(H,17,18). The number of hydrogen-bond acceptors (Lipinski definition) is 3. The van der Waals surface area contributed by atoms with Gasteiger partial charge in [-0.2, -0.15) is 0 Å². The number of nitrogens with zero attached hydrogens (tertiary/aromatic N) is 1. The molecule has 0 aliphatic heterocycles. The van der Waals surface area contributed by atoms with Gasteiger partial charge in [-0.1, -0.05) is 39.0 Å². The van der Waals surface area contributed by atoms with Crippen LogP contribution in [-0.2, 0) is 5.41 Å².